The summed E-state index contributed by atoms with van der Waals surface area (Å²) in [5.74, 6) is -2.14. The number of likely N-dealkylation sites (tertiary alicyclic amines) is 1. The summed E-state index contributed by atoms with van der Waals surface area (Å²) in [5, 5.41) is 10.1. The van der Waals surface area contributed by atoms with Gasteiger partial charge in [0, 0.05) is 38.0 Å². The van der Waals surface area contributed by atoms with E-state index in [-0.39, 0.29) is 42.2 Å². The minimum Gasteiger partial charge on any atom is -0.461 e. The third-order valence-electron chi connectivity index (χ3n) is 8.04. The highest BCUT2D eigenvalue weighted by atomic mass is 32.2. The second kappa shape index (κ2) is 9.88. The van der Waals surface area contributed by atoms with Crippen LogP contribution in [0.15, 0.2) is 24.3 Å². The average Bonchev–Trinajstić information content (AvgIpc) is 3.14. The summed E-state index contributed by atoms with van der Waals surface area (Å²) in [6.45, 7) is 8.66. The SMILES string of the molecule is CC(C)[C@H](CO)N1C(=O)[C@@H]2[C@H]3C(=O)OCC=C[C@H]3S[C@@]23C=CCN(CCN2CCOCC2)C(=O)C13. The molecule has 1 unspecified atom stereocenters. The minimum absolute atomic E-state index is 0.0524. The van der Waals surface area contributed by atoms with Crippen LogP contribution in [0, 0.1) is 17.8 Å². The number of aliphatic hydroxyl groups excluding tert-OH is 1. The smallest absolute Gasteiger partial charge is 0.311 e. The van der Waals surface area contributed by atoms with Gasteiger partial charge in [-0.2, -0.15) is 0 Å². The molecule has 6 atom stereocenters. The number of amides is 2. The molecule has 5 aliphatic heterocycles. The van der Waals surface area contributed by atoms with Crippen molar-refractivity contribution in [3.63, 3.8) is 0 Å². The molecule has 1 N–H and O–H groups in total. The maximum Gasteiger partial charge on any atom is 0.311 e. The number of ether oxygens (including phenoxy) is 2. The van der Waals surface area contributed by atoms with E-state index in [1.165, 1.54) is 11.8 Å². The van der Waals surface area contributed by atoms with Crippen LogP contribution in [-0.4, -0.2) is 119 Å². The number of esters is 1. The van der Waals surface area contributed by atoms with Gasteiger partial charge in [0.25, 0.3) is 0 Å². The Hall–Kier alpha value is -1.88. The van der Waals surface area contributed by atoms with E-state index in [1.807, 2.05) is 43.1 Å². The maximum absolute atomic E-state index is 14.2. The Morgan fingerprint density at radius 3 is 2.63 bits per heavy atom. The zero-order chi connectivity index (χ0) is 24.7. The van der Waals surface area contributed by atoms with Crippen molar-refractivity contribution < 1.29 is 29.0 Å². The van der Waals surface area contributed by atoms with Gasteiger partial charge in [0.2, 0.25) is 11.8 Å². The summed E-state index contributed by atoms with van der Waals surface area (Å²) in [4.78, 5) is 47.0. The van der Waals surface area contributed by atoms with Gasteiger partial charge in [0.15, 0.2) is 0 Å². The normalized spacial score (nSPS) is 36.1. The fourth-order valence-corrected chi connectivity index (χ4v) is 8.21. The zero-order valence-corrected chi connectivity index (χ0v) is 21.2. The Morgan fingerprint density at radius 2 is 1.91 bits per heavy atom. The number of carbonyl (C=O) groups excluding carboxylic acids is 3. The summed E-state index contributed by atoms with van der Waals surface area (Å²) < 4.78 is 9.97. The number of cyclic esters (lactones) is 1. The van der Waals surface area contributed by atoms with Crippen molar-refractivity contribution in [3.8, 4) is 0 Å². The highest BCUT2D eigenvalue weighted by molar-refractivity contribution is 8.02. The third kappa shape index (κ3) is 4.12. The molecule has 3 fully saturated rings. The molecule has 0 aromatic heterocycles. The number of nitrogens with zero attached hydrogens (tertiary/aromatic N) is 3. The van der Waals surface area contributed by atoms with Crippen LogP contribution in [0.4, 0.5) is 0 Å². The van der Waals surface area contributed by atoms with Gasteiger partial charge in [-0.05, 0) is 5.92 Å². The predicted molar refractivity (Wildman–Crippen MR) is 131 cm³/mol. The van der Waals surface area contributed by atoms with E-state index < -0.39 is 28.7 Å². The number of fused-ring (bicyclic) bond motifs is 2. The van der Waals surface area contributed by atoms with E-state index >= 15 is 0 Å². The lowest BCUT2D eigenvalue weighted by molar-refractivity contribution is -0.152. The Kier molecular flexibility index (Phi) is 7.00. The number of aliphatic hydroxyl groups is 1. The van der Waals surface area contributed by atoms with Crippen molar-refractivity contribution >= 4 is 29.5 Å². The molecule has 0 bridgehead atoms. The fourth-order valence-electron chi connectivity index (χ4n) is 6.22. The van der Waals surface area contributed by atoms with Crippen molar-refractivity contribution in [1.29, 1.82) is 0 Å². The highest BCUT2D eigenvalue weighted by Crippen LogP contribution is 2.61. The van der Waals surface area contributed by atoms with Crippen LogP contribution in [0.3, 0.4) is 0 Å². The van der Waals surface area contributed by atoms with Gasteiger partial charge in [-0.1, -0.05) is 38.2 Å². The zero-order valence-electron chi connectivity index (χ0n) is 20.4. The fraction of sp³-hybridized carbons (Fsp3) is 0.720. The van der Waals surface area contributed by atoms with Crippen LogP contribution in [0.5, 0.6) is 0 Å². The van der Waals surface area contributed by atoms with Gasteiger partial charge >= 0.3 is 5.97 Å². The Labute approximate surface area is 210 Å². The molecule has 5 aliphatic rings. The summed E-state index contributed by atoms with van der Waals surface area (Å²) in [6, 6.07) is -1.29. The molecule has 1 spiro atoms. The topological polar surface area (TPSA) is 99.6 Å². The van der Waals surface area contributed by atoms with Gasteiger partial charge < -0.3 is 24.4 Å². The first-order valence-corrected chi connectivity index (χ1v) is 13.5. The van der Waals surface area contributed by atoms with Crippen LogP contribution in [0.1, 0.15) is 13.8 Å². The highest BCUT2D eigenvalue weighted by Gasteiger charge is 2.71. The molecule has 35 heavy (non-hydrogen) atoms. The number of morpholine rings is 1. The van der Waals surface area contributed by atoms with E-state index in [0.29, 0.717) is 26.3 Å². The van der Waals surface area contributed by atoms with Gasteiger partial charge in [-0.25, -0.2) is 0 Å². The number of hydrogen-bond donors (Lipinski definition) is 1. The molecule has 192 valence electrons. The summed E-state index contributed by atoms with van der Waals surface area (Å²) in [6.07, 6.45) is 7.76. The Balaban J connectivity index is 1.51. The number of hydrogen-bond acceptors (Lipinski definition) is 8. The maximum atomic E-state index is 14.2. The van der Waals surface area contributed by atoms with E-state index in [2.05, 4.69) is 4.90 Å². The van der Waals surface area contributed by atoms with Gasteiger partial charge in [0.05, 0.1) is 42.4 Å². The van der Waals surface area contributed by atoms with Crippen molar-refractivity contribution in [2.45, 2.75) is 35.9 Å². The Morgan fingerprint density at radius 1 is 1.14 bits per heavy atom. The molecule has 10 heteroatoms. The first-order valence-electron chi connectivity index (χ1n) is 12.6. The lowest BCUT2D eigenvalue weighted by atomic mass is 9.78. The molecule has 9 nitrogen and oxygen atoms in total. The second-order valence-electron chi connectivity index (χ2n) is 10.3. The van der Waals surface area contributed by atoms with Crippen molar-refractivity contribution in [2.75, 3.05) is 59.2 Å². The van der Waals surface area contributed by atoms with E-state index in [1.54, 1.807) is 4.90 Å². The predicted octanol–water partition coefficient (Wildman–Crippen LogP) is 0.144. The van der Waals surface area contributed by atoms with Crippen LogP contribution < -0.4 is 0 Å². The van der Waals surface area contributed by atoms with Crippen LogP contribution in [0.2, 0.25) is 0 Å². The molecular weight excluding hydrogens is 470 g/mol. The molecule has 5 rings (SSSR count). The molecular formula is C25H35N3O6S. The molecule has 5 heterocycles. The minimum atomic E-state index is -0.875. The van der Waals surface area contributed by atoms with E-state index in [9.17, 15) is 19.5 Å². The van der Waals surface area contributed by atoms with Crippen LogP contribution >= 0.6 is 11.8 Å². The molecule has 3 saturated heterocycles. The lowest BCUT2D eigenvalue weighted by Crippen LogP contribution is -2.58. The molecule has 2 amide bonds. The number of thioether (sulfide) groups is 1. The van der Waals surface area contributed by atoms with Crippen LogP contribution in [0.25, 0.3) is 0 Å². The van der Waals surface area contributed by atoms with Crippen molar-refractivity contribution in [3.05, 3.63) is 24.3 Å². The van der Waals surface area contributed by atoms with Crippen LogP contribution in [-0.2, 0) is 23.9 Å². The van der Waals surface area contributed by atoms with E-state index in [0.717, 1.165) is 19.6 Å². The molecule has 0 aromatic carbocycles. The quantitative estimate of drug-likeness (QED) is 0.402. The second-order valence-corrected chi connectivity index (χ2v) is 11.8. The molecule has 0 aliphatic carbocycles. The molecule has 0 aromatic rings. The largest absolute Gasteiger partial charge is 0.461 e. The van der Waals surface area contributed by atoms with Crippen molar-refractivity contribution in [1.82, 2.24) is 14.7 Å². The number of carbonyl (C=O) groups is 3. The number of rotatable bonds is 6. The standard InChI is InChI=1S/C25H35N3O6S/c1-16(2)17(15-29)28-21-23(31)27(9-8-26-10-13-33-14-11-26)7-4-6-25(21)20(22(28)30)19-18(35-25)5-3-12-34-24(19)32/h3-6,16-21,29H,7-15H2,1-2H3/t17-,18+,19-,20-,21?,25-/m0/s1. The lowest BCUT2D eigenvalue weighted by Gasteiger charge is -2.40. The van der Waals surface area contributed by atoms with Gasteiger partial charge in [-0.15, -0.1) is 11.8 Å². The van der Waals surface area contributed by atoms with Crippen molar-refractivity contribution in [2.24, 2.45) is 17.8 Å². The first-order chi connectivity index (χ1) is 16.9. The summed E-state index contributed by atoms with van der Waals surface area (Å²) in [5.41, 5.74) is 0. The van der Waals surface area contributed by atoms with Gasteiger partial charge in [0.1, 0.15) is 12.6 Å². The summed E-state index contributed by atoms with van der Waals surface area (Å²) in [7, 11) is 0. The first kappa shape index (κ1) is 24.8. The van der Waals surface area contributed by atoms with E-state index in [4.69, 9.17) is 9.47 Å². The average molecular weight is 506 g/mol. The monoisotopic (exact) mass is 505 g/mol. The Bertz CT molecular complexity index is 919. The summed E-state index contributed by atoms with van der Waals surface area (Å²) >= 11 is 1.53. The third-order valence-corrected chi connectivity index (χ3v) is 9.78. The van der Waals surface area contributed by atoms with Gasteiger partial charge in [-0.3, -0.25) is 19.3 Å². The molecule has 0 radical (unpaired) electrons. The molecule has 0 saturated carbocycles.